The molecule has 0 unspecified atom stereocenters. The molecule has 1 fully saturated rings. The van der Waals surface area contributed by atoms with E-state index in [0.29, 0.717) is 22.8 Å². The highest BCUT2D eigenvalue weighted by molar-refractivity contribution is 7.99. The summed E-state index contributed by atoms with van der Waals surface area (Å²) in [5.74, 6) is 1.15. The molecule has 2 aromatic rings. The lowest BCUT2D eigenvalue weighted by molar-refractivity contribution is 0.0926. The normalized spacial score (nSPS) is 20.0. The van der Waals surface area contributed by atoms with E-state index in [2.05, 4.69) is 16.4 Å². The first-order valence-electron chi connectivity index (χ1n) is 7.16. The number of amides is 1. The second-order valence-corrected chi connectivity index (χ2v) is 6.87. The SMILES string of the molecule is N#C[C@]1(NC(=O)c2cc(-c3ccccn3)ccc2Cl)CCSC1. The molecule has 0 bridgehead atoms. The van der Waals surface area contributed by atoms with Crippen molar-refractivity contribution in [3.05, 3.63) is 53.2 Å². The molecule has 4 nitrogen and oxygen atoms in total. The van der Waals surface area contributed by atoms with Crippen molar-refractivity contribution in [2.75, 3.05) is 11.5 Å². The summed E-state index contributed by atoms with van der Waals surface area (Å²) < 4.78 is 0. The van der Waals surface area contributed by atoms with Gasteiger partial charge in [0.05, 0.1) is 22.3 Å². The average Bonchev–Trinajstić information content (AvgIpc) is 3.05. The van der Waals surface area contributed by atoms with Crippen LogP contribution in [0, 0.1) is 11.3 Å². The van der Waals surface area contributed by atoms with Crippen LogP contribution in [0.3, 0.4) is 0 Å². The number of nitrogens with zero attached hydrogens (tertiary/aromatic N) is 2. The van der Waals surface area contributed by atoms with Crippen LogP contribution in [-0.2, 0) is 0 Å². The van der Waals surface area contributed by atoms with Crippen LogP contribution in [0.25, 0.3) is 11.3 Å². The number of hydrogen-bond acceptors (Lipinski definition) is 4. The van der Waals surface area contributed by atoms with E-state index in [1.165, 1.54) is 0 Å². The Kier molecular flexibility index (Phi) is 4.56. The number of pyridine rings is 1. The maximum Gasteiger partial charge on any atom is 0.254 e. The zero-order valence-corrected chi connectivity index (χ0v) is 13.8. The number of nitrogens with one attached hydrogen (secondary N) is 1. The molecule has 1 N–H and O–H groups in total. The summed E-state index contributed by atoms with van der Waals surface area (Å²) in [5.41, 5.74) is 1.14. The summed E-state index contributed by atoms with van der Waals surface area (Å²) in [4.78, 5) is 16.9. The van der Waals surface area contributed by atoms with Crippen LogP contribution >= 0.6 is 23.4 Å². The van der Waals surface area contributed by atoms with Gasteiger partial charge in [-0.15, -0.1) is 0 Å². The topological polar surface area (TPSA) is 65.8 Å². The van der Waals surface area contributed by atoms with E-state index in [0.717, 1.165) is 17.0 Å². The standard InChI is InChI=1S/C17H14ClN3OS/c18-14-5-4-12(15-3-1-2-7-20-15)9-13(14)16(22)21-17(10-19)6-8-23-11-17/h1-5,7,9H,6,8,11H2,(H,21,22)/t17-/m1/s1. The summed E-state index contributed by atoms with van der Waals surface area (Å²) in [5, 5.41) is 12.6. The molecule has 1 aromatic heterocycles. The molecule has 1 aliphatic heterocycles. The first-order chi connectivity index (χ1) is 11.1. The van der Waals surface area contributed by atoms with Crippen LogP contribution in [0.2, 0.25) is 5.02 Å². The zero-order chi connectivity index (χ0) is 16.3. The molecule has 0 spiro atoms. The fourth-order valence-electron chi connectivity index (χ4n) is 2.46. The minimum Gasteiger partial charge on any atom is -0.333 e. The van der Waals surface area contributed by atoms with Crippen LogP contribution in [-0.4, -0.2) is 27.9 Å². The number of hydrogen-bond donors (Lipinski definition) is 1. The van der Waals surface area contributed by atoms with Gasteiger partial charge in [0.15, 0.2) is 0 Å². The zero-order valence-electron chi connectivity index (χ0n) is 12.3. The van der Waals surface area contributed by atoms with Gasteiger partial charge in [-0.25, -0.2) is 0 Å². The molecular formula is C17H14ClN3OS. The Morgan fingerprint density at radius 1 is 1.39 bits per heavy atom. The third-order valence-corrected chi connectivity index (χ3v) is 5.28. The van der Waals surface area contributed by atoms with E-state index in [4.69, 9.17) is 11.6 Å². The van der Waals surface area contributed by atoms with E-state index < -0.39 is 5.54 Å². The van der Waals surface area contributed by atoms with Crippen molar-refractivity contribution in [2.45, 2.75) is 12.0 Å². The Morgan fingerprint density at radius 2 is 2.26 bits per heavy atom. The van der Waals surface area contributed by atoms with Crippen LogP contribution in [0.15, 0.2) is 42.6 Å². The number of aromatic nitrogens is 1. The van der Waals surface area contributed by atoms with Gasteiger partial charge in [-0.2, -0.15) is 17.0 Å². The third kappa shape index (κ3) is 3.34. The lowest BCUT2D eigenvalue weighted by Gasteiger charge is -2.21. The van der Waals surface area contributed by atoms with E-state index in [1.807, 2.05) is 24.3 Å². The molecule has 1 aliphatic rings. The summed E-state index contributed by atoms with van der Waals surface area (Å²) in [7, 11) is 0. The summed E-state index contributed by atoms with van der Waals surface area (Å²) in [6.45, 7) is 0. The molecule has 2 heterocycles. The highest BCUT2D eigenvalue weighted by Crippen LogP contribution is 2.29. The average molecular weight is 344 g/mol. The van der Waals surface area contributed by atoms with Crippen LogP contribution in [0.5, 0.6) is 0 Å². The Labute approximate surface area is 143 Å². The van der Waals surface area contributed by atoms with Crippen molar-refractivity contribution in [3.63, 3.8) is 0 Å². The lowest BCUT2D eigenvalue weighted by atomic mass is 10.00. The van der Waals surface area contributed by atoms with Crippen LogP contribution in [0.1, 0.15) is 16.8 Å². The van der Waals surface area contributed by atoms with Crippen molar-refractivity contribution >= 4 is 29.3 Å². The largest absolute Gasteiger partial charge is 0.333 e. The summed E-state index contributed by atoms with van der Waals surface area (Å²) in [6.07, 6.45) is 2.35. The second-order valence-electron chi connectivity index (χ2n) is 5.36. The minimum absolute atomic E-state index is 0.322. The fourth-order valence-corrected chi connectivity index (χ4v) is 3.93. The number of benzene rings is 1. The Morgan fingerprint density at radius 3 is 2.91 bits per heavy atom. The minimum atomic E-state index is -0.800. The molecule has 0 radical (unpaired) electrons. The molecule has 1 aromatic carbocycles. The molecule has 1 amide bonds. The van der Waals surface area contributed by atoms with Gasteiger partial charge in [0, 0.05) is 17.5 Å². The van der Waals surface area contributed by atoms with Gasteiger partial charge in [-0.3, -0.25) is 9.78 Å². The van der Waals surface area contributed by atoms with Crippen LogP contribution in [0.4, 0.5) is 0 Å². The number of nitriles is 1. The van der Waals surface area contributed by atoms with Gasteiger partial charge in [0.2, 0.25) is 0 Å². The quantitative estimate of drug-likeness (QED) is 0.925. The van der Waals surface area contributed by atoms with Gasteiger partial charge >= 0.3 is 0 Å². The molecule has 3 rings (SSSR count). The predicted octanol–water partition coefficient (Wildman–Crippen LogP) is 3.53. The predicted molar refractivity (Wildman–Crippen MR) is 92.4 cm³/mol. The van der Waals surface area contributed by atoms with Gasteiger partial charge < -0.3 is 5.32 Å². The van der Waals surface area contributed by atoms with Crippen molar-refractivity contribution in [1.82, 2.24) is 10.3 Å². The molecular weight excluding hydrogens is 330 g/mol. The Bertz CT molecular complexity index is 767. The Hall–Kier alpha value is -2.03. The molecule has 0 aliphatic carbocycles. The van der Waals surface area contributed by atoms with E-state index in [9.17, 15) is 10.1 Å². The number of thioether (sulfide) groups is 1. The highest BCUT2D eigenvalue weighted by atomic mass is 35.5. The maximum atomic E-state index is 12.6. The monoisotopic (exact) mass is 343 g/mol. The number of halogens is 1. The lowest BCUT2D eigenvalue weighted by Crippen LogP contribution is -2.47. The van der Waals surface area contributed by atoms with Gasteiger partial charge in [-0.1, -0.05) is 23.7 Å². The third-order valence-electron chi connectivity index (χ3n) is 3.76. The number of carbonyl (C=O) groups is 1. The van der Waals surface area contributed by atoms with E-state index in [1.54, 1.807) is 30.1 Å². The molecule has 1 atom stereocenters. The van der Waals surface area contributed by atoms with Crippen molar-refractivity contribution < 1.29 is 4.79 Å². The highest BCUT2D eigenvalue weighted by Gasteiger charge is 2.36. The van der Waals surface area contributed by atoms with Crippen molar-refractivity contribution in [1.29, 1.82) is 5.26 Å². The maximum absolute atomic E-state index is 12.6. The van der Waals surface area contributed by atoms with Gasteiger partial charge in [0.25, 0.3) is 5.91 Å². The van der Waals surface area contributed by atoms with E-state index in [-0.39, 0.29) is 5.91 Å². The van der Waals surface area contributed by atoms with Crippen LogP contribution < -0.4 is 5.32 Å². The molecule has 23 heavy (non-hydrogen) atoms. The number of rotatable bonds is 3. The van der Waals surface area contributed by atoms with Crippen molar-refractivity contribution in [3.8, 4) is 17.3 Å². The Balaban J connectivity index is 1.90. The smallest absolute Gasteiger partial charge is 0.254 e. The van der Waals surface area contributed by atoms with Gasteiger partial charge in [0.1, 0.15) is 5.54 Å². The molecule has 6 heteroatoms. The summed E-state index contributed by atoms with van der Waals surface area (Å²) in [6, 6.07) is 13.1. The molecule has 116 valence electrons. The summed E-state index contributed by atoms with van der Waals surface area (Å²) >= 11 is 7.85. The van der Waals surface area contributed by atoms with Gasteiger partial charge in [-0.05, 0) is 36.4 Å². The van der Waals surface area contributed by atoms with E-state index >= 15 is 0 Å². The fraction of sp³-hybridized carbons (Fsp3) is 0.235. The van der Waals surface area contributed by atoms with Crippen molar-refractivity contribution in [2.24, 2.45) is 0 Å². The molecule has 0 saturated carbocycles. The number of carbonyl (C=O) groups excluding carboxylic acids is 1. The molecule has 1 saturated heterocycles. The first kappa shape index (κ1) is 15.9. The second kappa shape index (κ2) is 6.61. The first-order valence-corrected chi connectivity index (χ1v) is 8.69.